The minimum Gasteiger partial charge on any atom is -0.379 e. The van der Waals surface area contributed by atoms with E-state index < -0.39 is 0 Å². The second kappa shape index (κ2) is 4.24. The molecule has 1 aliphatic heterocycles. The molecule has 3 heteroatoms. The normalized spacial score (nSPS) is 28.3. The average molecular weight is 167 g/mol. The second-order valence-electron chi connectivity index (χ2n) is 2.82. The number of ether oxygens (including phenoxy) is 1. The third-order valence-corrected chi connectivity index (χ3v) is 2.03. The van der Waals surface area contributed by atoms with Crippen molar-refractivity contribution in [3.8, 4) is 12.3 Å². The van der Waals surface area contributed by atoms with Gasteiger partial charge in [0, 0.05) is 6.04 Å². The summed E-state index contributed by atoms with van der Waals surface area (Å²) in [5.41, 5.74) is 0. The fourth-order valence-electron chi connectivity index (χ4n) is 1.38. The number of carbonyl (C=O) groups excluding carboxylic acids is 1. The van der Waals surface area contributed by atoms with E-state index in [-0.39, 0.29) is 17.7 Å². The predicted molar refractivity (Wildman–Crippen MR) is 45.6 cm³/mol. The van der Waals surface area contributed by atoms with Crippen molar-refractivity contribution in [2.45, 2.75) is 13.0 Å². The van der Waals surface area contributed by atoms with E-state index in [9.17, 15) is 4.79 Å². The zero-order valence-electron chi connectivity index (χ0n) is 7.17. The molecule has 1 saturated heterocycles. The van der Waals surface area contributed by atoms with Crippen molar-refractivity contribution in [2.24, 2.45) is 5.92 Å². The molecule has 2 unspecified atom stereocenters. The second-order valence-corrected chi connectivity index (χ2v) is 2.82. The summed E-state index contributed by atoms with van der Waals surface area (Å²) < 4.78 is 5.17. The highest BCUT2D eigenvalue weighted by Gasteiger charge is 2.32. The maximum Gasteiger partial charge on any atom is 0.212 e. The van der Waals surface area contributed by atoms with Crippen LogP contribution in [0.3, 0.4) is 0 Å². The number of carbonyl (C=O) groups is 1. The number of hydrogen-bond donors (Lipinski definition) is 1. The number of rotatable bonds is 3. The topological polar surface area (TPSA) is 38.3 Å². The summed E-state index contributed by atoms with van der Waals surface area (Å²) in [7, 11) is 0. The van der Waals surface area contributed by atoms with E-state index in [0.29, 0.717) is 13.2 Å². The van der Waals surface area contributed by atoms with E-state index in [2.05, 4.69) is 11.2 Å². The Bertz CT molecular complexity index is 207. The van der Waals surface area contributed by atoms with Gasteiger partial charge in [0.15, 0.2) is 0 Å². The van der Waals surface area contributed by atoms with Gasteiger partial charge in [0.05, 0.1) is 19.1 Å². The van der Waals surface area contributed by atoms with Crippen LogP contribution in [0.1, 0.15) is 6.92 Å². The summed E-state index contributed by atoms with van der Waals surface area (Å²) in [4.78, 5) is 11.1. The van der Waals surface area contributed by atoms with Crippen molar-refractivity contribution >= 4 is 5.78 Å². The van der Waals surface area contributed by atoms with E-state index in [4.69, 9.17) is 11.2 Å². The first kappa shape index (κ1) is 9.24. The molecule has 1 aliphatic rings. The van der Waals surface area contributed by atoms with Crippen molar-refractivity contribution < 1.29 is 9.53 Å². The zero-order valence-corrected chi connectivity index (χ0v) is 7.17. The van der Waals surface area contributed by atoms with Gasteiger partial charge in [-0.25, -0.2) is 0 Å². The molecular formula is C9H13NO2. The maximum atomic E-state index is 11.1. The molecule has 66 valence electrons. The molecule has 0 saturated carbocycles. The van der Waals surface area contributed by atoms with Gasteiger partial charge >= 0.3 is 0 Å². The quantitative estimate of drug-likeness (QED) is 0.468. The minimum atomic E-state index is -0.154. The molecule has 0 aliphatic carbocycles. The molecule has 0 amide bonds. The van der Waals surface area contributed by atoms with Crippen LogP contribution in [0.25, 0.3) is 0 Å². The SMILES string of the molecule is C#CC(=O)C1COCC1NCC. The van der Waals surface area contributed by atoms with Crippen LogP contribution in [0.4, 0.5) is 0 Å². The van der Waals surface area contributed by atoms with Crippen molar-refractivity contribution in [2.75, 3.05) is 19.8 Å². The van der Waals surface area contributed by atoms with Crippen molar-refractivity contribution in [1.29, 1.82) is 0 Å². The Kier molecular flexibility index (Phi) is 3.27. The molecule has 0 radical (unpaired) electrons. The lowest BCUT2D eigenvalue weighted by atomic mass is 9.99. The van der Waals surface area contributed by atoms with Crippen LogP contribution in [0.15, 0.2) is 0 Å². The molecule has 1 N–H and O–H groups in total. The molecule has 2 atom stereocenters. The van der Waals surface area contributed by atoms with Gasteiger partial charge in [-0.15, -0.1) is 6.42 Å². The van der Waals surface area contributed by atoms with Gasteiger partial charge in [0.25, 0.3) is 0 Å². The molecule has 0 spiro atoms. The first-order valence-corrected chi connectivity index (χ1v) is 4.11. The predicted octanol–water partition coefficient (Wildman–Crippen LogP) is -0.187. The van der Waals surface area contributed by atoms with Gasteiger partial charge in [-0.3, -0.25) is 4.79 Å². The molecule has 1 fully saturated rings. The lowest BCUT2D eigenvalue weighted by Gasteiger charge is -2.13. The molecular weight excluding hydrogens is 154 g/mol. The van der Waals surface area contributed by atoms with Crippen molar-refractivity contribution in [3.05, 3.63) is 0 Å². The lowest BCUT2D eigenvalue weighted by molar-refractivity contribution is -0.117. The van der Waals surface area contributed by atoms with Crippen molar-refractivity contribution in [3.63, 3.8) is 0 Å². The van der Waals surface area contributed by atoms with Crippen LogP contribution >= 0.6 is 0 Å². The highest BCUT2D eigenvalue weighted by atomic mass is 16.5. The smallest absolute Gasteiger partial charge is 0.212 e. The fourth-order valence-corrected chi connectivity index (χ4v) is 1.38. The molecule has 0 aromatic carbocycles. The Labute approximate surface area is 72.5 Å². The van der Waals surface area contributed by atoms with Gasteiger partial charge in [0.1, 0.15) is 0 Å². The van der Waals surface area contributed by atoms with E-state index in [0.717, 1.165) is 6.54 Å². The fraction of sp³-hybridized carbons (Fsp3) is 0.667. The molecule has 1 rings (SSSR count). The summed E-state index contributed by atoms with van der Waals surface area (Å²) in [5.74, 6) is 1.84. The Morgan fingerprint density at radius 2 is 2.50 bits per heavy atom. The van der Waals surface area contributed by atoms with Crippen molar-refractivity contribution in [1.82, 2.24) is 5.32 Å². The van der Waals surface area contributed by atoms with Gasteiger partial charge in [0.2, 0.25) is 5.78 Å². The Morgan fingerprint density at radius 1 is 1.75 bits per heavy atom. The number of hydrogen-bond acceptors (Lipinski definition) is 3. The van der Waals surface area contributed by atoms with Crippen LogP contribution in [0.2, 0.25) is 0 Å². The highest BCUT2D eigenvalue weighted by Crippen LogP contribution is 2.14. The lowest BCUT2D eigenvalue weighted by Crippen LogP contribution is -2.38. The number of likely N-dealkylation sites (N-methyl/N-ethyl adjacent to an activating group) is 1. The van der Waals surface area contributed by atoms with Crippen LogP contribution < -0.4 is 5.32 Å². The van der Waals surface area contributed by atoms with Crippen LogP contribution in [-0.2, 0) is 9.53 Å². The van der Waals surface area contributed by atoms with Crippen LogP contribution in [0, 0.1) is 18.3 Å². The van der Waals surface area contributed by atoms with E-state index in [1.54, 1.807) is 0 Å². The summed E-state index contributed by atoms with van der Waals surface area (Å²) in [6.07, 6.45) is 5.03. The monoisotopic (exact) mass is 167 g/mol. The molecule has 12 heavy (non-hydrogen) atoms. The van der Waals surface area contributed by atoms with E-state index in [1.165, 1.54) is 0 Å². The molecule has 3 nitrogen and oxygen atoms in total. The van der Waals surface area contributed by atoms with Crippen LogP contribution in [0.5, 0.6) is 0 Å². The van der Waals surface area contributed by atoms with Gasteiger partial charge in [-0.1, -0.05) is 6.92 Å². The van der Waals surface area contributed by atoms with Gasteiger partial charge in [-0.05, 0) is 12.5 Å². The molecule has 0 aromatic heterocycles. The Morgan fingerprint density at radius 3 is 3.08 bits per heavy atom. The Balaban J connectivity index is 2.52. The van der Waals surface area contributed by atoms with Crippen LogP contribution in [-0.4, -0.2) is 31.6 Å². The third kappa shape index (κ3) is 1.84. The van der Waals surface area contributed by atoms with Gasteiger partial charge in [-0.2, -0.15) is 0 Å². The molecule has 0 bridgehead atoms. The first-order chi connectivity index (χ1) is 5.79. The van der Waals surface area contributed by atoms with E-state index in [1.807, 2.05) is 6.92 Å². The maximum absolute atomic E-state index is 11.1. The zero-order chi connectivity index (χ0) is 8.97. The molecule has 1 heterocycles. The number of ketones is 1. The minimum absolute atomic E-state index is 0.110. The van der Waals surface area contributed by atoms with Gasteiger partial charge < -0.3 is 10.1 Å². The standard InChI is InChI=1S/C9H13NO2/c1-3-9(11)7-5-12-6-8(7)10-4-2/h1,7-8,10H,4-6H2,2H3. The summed E-state index contributed by atoms with van der Waals surface area (Å²) in [5, 5.41) is 3.17. The number of terminal acetylenes is 1. The first-order valence-electron chi connectivity index (χ1n) is 4.11. The number of Topliss-reactive ketones (excluding diaryl/α,β-unsaturated/α-hetero) is 1. The number of nitrogens with one attached hydrogen (secondary N) is 1. The third-order valence-electron chi connectivity index (χ3n) is 2.03. The summed E-state index contributed by atoms with van der Waals surface area (Å²) in [6, 6.07) is 0.110. The van der Waals surface area contributed by atoms with E-state index >= 15 is 0 Å². The Hall–Kier alpha value is -0.850. The highest BCUT2D eigenvalue weighted by molar-refractivity contribution is 5.97. The summed E-state index contributed by atoms with van der Waals surface area (Å²) >= 11 is 0. The molecule has 0 aromatic rings. The summed E-state index contributed by atoms with van der Waals surface area (Å²) in [6.45, 7) is 3.88. The average Bonchev–Trinajstić information content (AvgIpc) is 2.52. The largest absolute Gasteiger partial charge is 0.379 e.